The number of carboxylic acid groups (broad SMARTS) is 1. The minimum atomic E-state index is -1.16. The van der Waals surface area contributed by atoms with Gasteiger partial charge in [0, 0.05) is 31.5 Å². The van der Waals surface area contributed by atoms with Gasteiger partial charge in [0.05, 0.1) is 11.0 Å². The van der Waals surface area contributed by atoms with Gasteiger partial charge in [0.1, 0.15) is 11.7 Å². The predicted octanol–water partition coefficient (Wildman–Crippen LogP) is 0.831. The van der Waals surface area contributed by atoms with Gasteiger partial charge in [-0.05, 0) is 46.1 Å². The number of anilines is 1. The second-order valence-corrected chi connectivity index (χ2v) is 9.17. The summed E-state index contributed by atoms with van der Waals surface area (Å²) in [6, 6.07) is 2.40. The summed E-state index contributed by atoms with van der Waals surface area (Å²) < 4.78 is 1.46. The molecular formula is C17H17N7O4S2. The van der Waals surface area contributed by atoms with E-state index >= 15 is 0 Å². The van der Waals surface area contributed by atoms with Gasteiger partial charge in [-0.2, -0.15) is 0 Å². The van der Waals surface area contributed by atoms with E-state index in [0.717, 1.165) is 5.00 Å². The van der Waals surface area contributed by atoms with Crippen LogP contribution in [-0.2, 0) is 16.6 Å². The number of urea groups is 1. The molecule has 1 N–H and O–H groups in total. The summed E-state index contributed by atoms with van der Waals surface area (Å²) in [5, 5.41) is 24.2. The van der Waals surface area contributed by atoms with Gasteiger partial charge in [0.15, 0.2) is 0 Å². The third-order valence-electron chi connectivity index (χ3n) is 5.71. The number of carbonyl (C=O) groups is 3. The van der Waals surface area contributed by atoms with Gasteiger partial charge in [-0.25, -0.2) is 14.3 Å². The van der Waals surface area contributed by atoms with Crippen LogP contribution in [-0.4, -0.2) is 78.7 Å². The zero-order valence-electron chi connectivity index (χ0n) is 16.0. The van der Waals surface area contributed by atoms with E-state index in [1.54, 1.807) is 19.0 Å². The number of aromatic nitrogens is 4. The fraction of sp³-hybridized carbons (Fsp3) is 0.412. The molecule has 5 heterocycles. The molecule has 0 aliphatic carbocycles. The average molecular weight is 448 g/mol. The van der Waals surface area contributed by atoms with Gasteiger partial charge in [0.25, 0.3) is 5.91 Å². The summed E-state index contributed by atoms with van der Waals surface area (Å²) in [5.41, 5.74) is -0.0276. The Morgan fingerprint density at radius 3 is 2.83 bits per heavy atom. The van der Waals surface area contributed by atoms with Crippen LogP contribution in [0.15, 0.2) is 33.3 Å². The maximum absolute atomic E-state index is 13.1. The summed E-state index contributed by atoms with van der Waals surface area (Å²) in [5.74, 6) is -1.69. The van der Waals surface area contributed by atoms with Crippen molar-refractivity contribution in [3.8, 4) is 0 Å². The van der Waals surface area contributed by atoms with Crippen LogP contribution >= 0.6 is 23.1 Å². The standard InChI is InChI=1S/C17H17N7O4S2/c1-21(9-4-3-7-29-9)17(28)23-6-5-8-10-11(23)14(25)24(10)12(15(26)27)13(8)30-16-18-19-20-22(16)2/h3-4,7-8,10-11H,5-6H2,1-2H3,(H,26,27)/t8?,10-,11+/m1/s1. The Morgan fingerprint density at radius 1 is 1.40 bits per heavy atom. The Hall–Kier alpha value is -2.93. The van der Waals surface area contributed by atoms with Crippen LogP contribution in [0.1, 0.15) is 6.42 Å². The number of aliphatic carboxylic acids is 1. The summed E-state index contributed by atoms with van der Waals surface area (Å²) >= 11 is 2.61. The first kappa shape index (κ1) is 19.1. The van der Waals surface area contributed by atoms with E-state index in [9.17, 15) is 19.5 Å². The molecule has 5 rings (SSSR count). The fourth-order valence-corrected chi connectivity index (χ4v) is 6.16. The number of carbonyl (C=O) groups excluding carboxylic acids is 2. The van der Waals surface area contributed by atoms with Crippen LogP contribution in [0.5, 0.6) is 0 Å². The van der Waals surface area contributed by atoms with Crippen molar-refractivity contribution in [3.63, 3.8) is 0 Å². The van der Waals surface area contributed by atoms with E-state index in [1.165, 1.54) is 37.6 Å². The molecule has 2 fully saturated rings. The van der Waals surface area contributed by atoms with E-state index in [-0.39, 0.29) is 29.6 Å². The number of likely N-dealkylation sites (tertiary alicyclic amines) is 1. The number of rotatable bonds is 4. The van der Waals surface area contributed by atoms with Gasteiger partial charge < -0.3 is 10.0 Å². The number of carboxylic acids is 1. The lowest BCUT2D eigenvalue weighted by molar-refractivity contribution is -0.160. The number of piperidine rings is 1. The zero-order chi connectivity index (χ0) is 21.2. The molecular weight excluding hydrogens is 430 g/mol. The van der Waals surface area contributed by atoms with Gasteiger partial charge in [-0.3, -0.25) is 14.6 Å². The van der Waals surface area contributed by atoms with E-state index < -0.39 is 12.0 Å². The molecule has 3 atom stereocenters. The average Bonchev–Trinajstić information content (AvgIpc) is 3.45. The first-order chi connectivity index (χ1) is 14.4. The number of nitrogens with zero attached hydrogens (tertiary/aromatic N) is 7. The minimum absolute atomic E-state index is 0.0276. The highest BCUT2D eigenvalue weighted by Crippen LogP contribution is 2.53. The van der Waals surface area contributed by atoms with Crippen LogP contribution in [0.25, 0.3) is 0 Å². The van der Waals surface area contributed by atoms with Crippen molar-refractivity contribution in [2.24, 2.45) is 13.0 Å². The smallest absolute Gasteiger partial charge is 0.353 e. The van der Waals surface area contributed by atoms with Crippen molar-refractivity contribution in [2.45, 2.75) is 23.7 Å². The molecule has 0 radical (unpaired) electrons. The summed E-state index contributed by atoms with van der Waals surface area (Å²) in [6.45, 7) is 0.369. The molecule has 0 aromatic carbocycles. The van der Waals surface area contributed by atoms with Gasteiger partial charge in [-0.1, -0.05) is 0 Å². The molecule has 30 heavy (non-hydrogen) atoms. The normalized spacial score (nSPS) is 24.7. The maximum atomic E-state index is 13.1. The van der Waals surface area contributed by atoms with Crippen molar-refractivity contribution < 1.29 is 19.5 Å². The maximum Gasteiger partial charge on any atom is 0.353 e. The first-order valence-corrected chi connectivity index (χ1v) is 10.9. The molecule has 3 amide bonds. The molecule has 3 aliphatic rings. The molecule has 0 spiro atoms. The highest BCUT2D eigenvalue weighted by Gasteiger charge is 2.64. The lowest BCUT2D eigenvalue weighted by atomic mass is 9.81. The number of amides is 3. The third kappa shape index (κ3) is 2.58. The molecule has 3 aliphatic heterocycles. The van der Waals surface area contributed by atoms with E-state index in [1.807, 2.05) is 17.5 Å². The van der Waals surface area contributed by atoms with Crippen molar-refractivity contribution in [1.82, 2.24) is 30.0 Å². The van der Waals surface area contributed by atoms with Crippen LogP contribution in [0, 0.1) is 5.92 Å². The van der Waals surface area contributed by atoms with Crippen molar-refractivity contribution >= 4 is 46.0 Å². The Labute approximate surface area is 178 Å². The molecule has 2 aromatic heterocycles. The number of β-lactam (4-membered cyclic amide) rings is 1. The van der Waals surface area contributed by atoms with E-state index in [4.69, 9.17) is 0 Å². The highest BCUT2D eigenvalue weighted by molar-refractivity contribution is 8.03. The number of tetrazole rings is 1. The lowest BCUT2D eigenvalue weighted by Gasteiger charge is -2.53. The van der Waals surface area contributed by atoms with Gasteiger partial charge in [0.2, 0.25) is 5.16 Å². The molecule has 0 bridgehead atoms. The SMILES string of the molecule is CN(C(=O)N1CCC2C(Sc3nnnn3C)=C(C(=O)O)N3C(=O)[C@@H]1[C@@H]23)c1cccs1. The largest absolute Gasteiger partial charge is 0.477 e. The topological polar surface area (TPSA) is 125 Å². The summed E-state index contributed by atoms with van der Waals surface area (Å²) in [6.07, 6.45) is 0.555. The summed E-state index contributed by atoms with van der Waals surface area (Å²) in [7, 11) is 3.35. The van der Waals surface area contributed by atoms with E-state index in [2.05, 4.69) is 15.5 Å². The third-order valence-corrected chi connectivity index (χ3v) is 7.90. The fourth-order valence-electron chi connectivity index (χ4n) is 4.34. The number of thioether (sulfide) groups is 1. The Balaban J connectivity index is 1.45. The van der Waals surface area contributed by atoms with Crippen molar-refractivity contribution in [1.29, 1.82) is 0 Å². The molecule has 156 valence electrons. The van der Waals surface area contributed by atoms with Gasteiger partial charge in [-0.15, -0.1) is 16.4 Å². The molecule has 13 heteroatoms. The second kappa shape index (κ2) is 6.80. The molecule has 2 aromatic rings. The Morgan fingerprint density at radius 2 is 2.20 bits per heavy atom. The second-order valence-electron chi connectivity index (χ2n) is 7.23. The van der Waals surface area contributed by atoms with Crippen LogP contribution in [0.3, 0.4) is 0 Å². The highest BCUT2D eigenvalue weighted by atomic mass is 32.2. The number of hydrogen-bond donors (Lipinski definition) is 1. The van der Waals surface area contributed by atoms with Crippen molar-refractivity contribution in [3.05, 3.63) is 28.1 Å². The molecule has 0 saturated carbocycles. The molecule has 1 unspecified atom stereocenters. The van der Waals surface area contributed by atoms with Crippen LogP contribution in [0.2, 0.25) is 0 Å². The monoisotopic (exact) mass is 447 g/mol. The van der Waals surface area contributed by atoms with Crippen LogP contribution in [0.4, 0.5) is 9.80 Å². The Kier molecular flexibility index (Phi) is 4.32. The lowest BCUT2D eigenvalue weighted by Crippen LogP contribution is -2.74. The van der Waals surface area contributed by atoms with Crippen LogP contribution < -0.4 is 4.90 Å². The molecule has 11 nitrogen and oxygen atoms in total. The zero-order valence-corrected chi connectivity index (χ0v) is 17.6. The molecule has 2 saturated heterocycles. The first-order valence-electron chi connectivity index (χ1n) is 9.18. The number of hydrogen-bond acceptors (Lipinski definition) is 8. The van der Waals surface area contributed by atoms with Crippen molar-refractivity contribution in [2.75, 3.05) is 18.5 Å². The number of aryl methyl sites for hydroxylation is 1. The van der Waals surface area contributed by atoms with E-state index in [0.29, 0.717) is 23.0 Å². The minimum Gasteiger partial charge on any atom is -0.477 e. The number of thiophene rings is 1. The predicted molar refractivity (Wildman–Crippen MR) is 107 cm³/mol. The summed E-state index contributed by atoms with van der Waals surface area (Å²) in [4.78, 5) is 43.1. The quantitative estimate of drug-likeness (QED) is 0.684. The van der Waals surface area contributed by atoms with Gasteiger partial charge >= 0.3 is 12.0 Å². The Bertz CT molecular complexity index is 1080.